The summed E-state index contributed by atoms with van der Waals surface area (Å²) in [5.41, 5.74) is -7.47. The van der Waals surface area contributed by atoms with E-state index in [1.54, 1.807) is 0 Å². The second-order valence-electron chi connectivity index (χ2n) is 3.58. The molecule has 0 radical (unpaired) electrons. The average molecular weight is 352 g/mol. The molecule has 0 saturated carbocycles. The summed E-state index contributed by atoms with van der Waals surface area (Å²) in [6, 6.07) is 0. The molecule has 14 heteroatoms. The van der Waals surface area contributed by atoms with Crippen LogP contribution in [0.25, 0.3) is 0 Å². The first-order chi connectivity index (χ1) is 8.89. The molecule has 0 aliphatic heterocycles. The summed E-state index contributed by atoms with van der Waals surface area (Å²) in [5.74, 6) is -22.8. The molecule has 0 aliphatic rings. The van der Waals surface area contributed by atoms with E-state index in [0.717, 1.165) is 0 Å². The molecule has 0 amide bonds. The third kappa shape index (κ3) is 2.49. The van der Waals surface area contributed by atoms with Crippen molar-refractivity contribution in [3.8, 4) is 0 Å². The first kappa shape index (κ1) is 20.0. The molecule has 128 valence electrons. The zero-order valence-electron chi connectivity index (χ0n) is 8.95. The topological polar surface area (TPSA) is 0 Å². The predicted octanol–water partition coefficient (Wildman–Crippen LogP) is 4.69. The Morgan fingerprint density at radius 1 is 0.476 bits per heavy atom. The predicted molar refractivity (Wildman–Crippen MR) is 36.7 cm³/mol. The summed E-state index contributed by atoms with van der Waals surface area (Å²) in [6.07, 6.45) is -19.1. The lowest BCUT2D eigenvalue weighted by Crippen LogP contribution is -2.71. The summed E-state index contributed by atoms with van der Waals surface area (Å²) in [4.78, 5) is 0. The van der Waals surface area contributed by atoms with Gasteiger partial charge in [-0.05, 0) is 0 Å². The molecule has 0 aromatic carbocycles. The van der Waals surface area contributed by atoms with Crippen molar-refractivity contribution < 1.29 is 61.5 Å². The van der Waals surface area contributed by atoms with Crippen molar-refractivity contribution in [1.82, 2.24) is 0 Å². The van der Waals surface area contributed by atoms with Crippen molar-refractivity contribution in [3.63, 3.8) is 0 Å². The van der Waals surface area contributed by atoms with Gasteiger partial charge in [0.15, 0.2) is 0 Å². The molecule has 0 aromatic heterocycles. The Balaban J connectivity index is 6.29. The van der Waals surface area contributed by atoms with Gasteiger partial charge in [-0.15, -0.1) is 0 Å². The van der Waals surface area contributed by atoms with Crippen LogP contribution >= 0.6 is 0 Å². The maximum Gasteiger partial charge on any atom is 0.434 e. The fraction of sp³-hybridized carbons (Fsp3) is 1.00. The first-order valence-electron chi connectivity index (χ1n) is 4.34. The largest absolute Gasteiger partial charge is 0.434 e. The smallest absolute Gasteiger partial charge is 0.220 e. The van der Waals surface area contributed by atoms with E-state index in [4.69, 9.17) is 0 Å². The number of halogens is 14. The Morgan fingerprint density at radius 3 is 1.00 bits per heavy atom. The van der Waals surface area contributed by atoms with Crippen LogP contribution in [0.15, 0.2) is 0 Å². The SMILES string of the molecule is FC(F)C(F)(F)C(F)(F)C(F)(F)C(F)(C(F)F)C(F)(F)F. The average Bonchev–Trinajstić information content (AvgIpc) is 2.24. The van der Waals surface area contributed by atoms with Crippen LogP contribution in [-0.2, 0) is 0 Å². The standard InChI is InChI=1S/C7H2F14/c8-1(9)3(12,7(19,20)21)5(15,16)6(17,18)4(13,14)2(10)11/h1-2H. The van der Waals surface area contributed by atoms with E-state index in [0.29, 0.717) is 0 Å². The van der Waals surface area contributed by atoms with Gasteiger partial charge in [-0.3, -0.25) is 0 Å². The third-order valence-electron chi connectivity index (χ3n) is 2.26. The van der Waals surface area contributed by atoms with Gasteiger partial charge in [0.1, 0.15) is 0 Å². The molecule has 0 aliphatic carbocycles. The van der Waals surface area contributed by atoms with Crippen LogP contribution in [0, 0.1) is 0 Å². The zero-order valence-corrected chi connectivity index (χ0v) is 8.95. The summed E-state index contributed by atoms with van der Waals surface area (Å²) in [6.45, 7) is 0. The minimum Gasteiger partial charge on any atom is -0.220 e. The molecule has 0 aromatic rings. The Kier molecular flexibility index (Phi) is 4.80. The van der Waals surface area contributed by atoms with Gasteiger partial charge in [0.05, 0.1) is 0 Å². The Hall–Kier alpha value is -0.980. The van der Waals surface area contributed by atoms with Gasteiger partial charge in [-0.25, -0.2) is 22.0 Å². The second-order valence-corrected chi connectivity index (χ2v) is 3.58. The first-order valence-corrected chi connectivity index (χ1v) is 4.34. The quantitative estimate of drug-likeness (QED) is 0.630. The number of hydrogen-bond acceptors (Lipinski definition) is 0. The fourth-order valence-electron chi connectivity index (χ4n) is 1.01. The van der Waals surface area contributed by atoms with Crippen LogP contribution in [0.1, 0.15) is 0 Å². The second kappa shape index (κ2) is 5.04. The highest BCUT2D eigenvalue weighted by Gasteiger charge is 2.89. The molecule has 0 bridgehead atoms. The summed E-state index contributed by atoms with van der Waals surface area (Å²) < 4.78 is 170. The van der Waals surface area contributed by atoms with Crippen LogP contribution in [0.2, 0.25) is 0 Å². The van der Waals surface area contributed by atoms with Gasteiger partial charge < -0.3 is 0 Å². The third-order valence-corrected chi connectivity index (χ3v) is 2.26. The van der Waals surface area contributed by atoms with Gasteiger partial charge in [0, 0.05) is 0 Å². The summed E-state index contributed by atoms with van der Waals surface area (Å²) in [5, 5.41) is 0. The van der Waals surface area contributed by atoms with Crippen LogP contribution in [0.4, 0.5) is 61.5 Å². The van der Waals surface area contributed by atoms with Crippen molar-refractivity contribution in [2.24, 2.45) is 0 Å². The van der Waals surface area contributed by atoms with E-state index in [-0.39, 0.29) is 0 Å². The molecular weight excluding hydrogens is 350 g/mol. The van der Waals surface area contributed by atoms with Gasteiger partial charge in [-0.1, -0.05) is 0 Å². The highest BCUT2D eigenvalue weighted by atomic mass is 19.4. The minimum atomic E-state index is -7.88. The van der Waals surface area contributed by atoms with Crippen molar-refractivity contribution in [2.45, 2.75) is 42.5 Å². The van der Waals surface area contributed by atoms with Crippen LogP contribution in [-0.4, -0.2) is 42.5 Å². The number of alkyl halides is 14. The van der Waals surface area contributed by atoms with Crippen molar-refractivity contribution in [2.75, 3.05) is 0 Å². The van der Waals surface area contributed by atoms with Crippen LogP contribution < -0.4 is 0 Å². The minimum absolute atomic E-state index is 5.67. The number of rotatable bonds is 5. The molecule has 0 nitrogen and oxygen atoms in total. The van der Waals surface area contributed by atoms with Gasteiger partial charge in [-0.2, -0.15) is 39.5 Å². The zero-order chi connectivity index (χ0) is 17.7. The molecule has 0 rings (SSSR count). The van der Waals surface area contributed by atoms with Crippen molar-refractivity contribution in [1.29, 1.82) is 0 Å². The van der Waals surface area contributed by atoms with Crippen LogP contribution in [0.3, 0.4) is 0 Å². The summed E-state index contributed by atoms with van der Waals surface area (Å²) in [7, 11) is 0. The molecule has 1 atom stereocenters. The molecule has 0 N–H and O–H groups in total. The highest BCUT2D eigenvalue weighted by molar-refractivity contribution is 5.12. The lowest BCUT2D eigenvalue weighted by atomic mass is 9.88. The van der Waals surface area contributed by atoms with Crippen molar-refractivity contribution in [3.05, 3.63) is 0 Å². The molecular formula is C7H2F14. The monoisotopic (exact) mass is 352 g/mol. The molecule has 0 heterocycles. The van der Waals surface area contributed by atoms with E-state index >= 15 is 0 Å². The van der Waals surface area contributed by atoms with Gasteiger partial charge in [0.2, 0.25) is 0 Å². The van der Waals surface area contributed by atoms with Crippen molar-refractivity contribution >= 4 is 0 Å². The van der Waals surface area contributed by atoms with E-state index in [2.05, 4.69) is 0 Å². The summed E-state index contributed by atoms with van der Waals surface area (Å²) >= 11 is 0. The normalized spacial score (nSPS) is 18.3. The van der Waals surface area contributed by atoms with E-state index in [1.807, 2.05) is 0 Å². The van der Waals surface area contributed by atoms with Gasteiger partial charge >= 0.3 is 36.0 Å². The maximum absolute atomic E-state index is 12.8. The fourth-order valence-corrected chi connectivity index (χ4v) is 1.01. The van der Waals surface area contributed by atoms with E-state index in [1.165, 1.54) is 0 Å². The lowest BCUT2D eigenvalue weighted by Gasteiger charge is -2.40. The Bertz CT molecular complexity index is 366. The molecule has 0 spiro atoms. The van der Waals surface area contributed by atoms with E-state index in [9.17, 15) is 61.5 Å². The highest BCUT2D eigenvalue weighted by Crippen LogP contribution is 2.59. The molecule has 0 fully saturated rings. The Morgan fingerprint density at radius 2 is 0.810 bits per heavy atom. The molecule has 0 saturated heterocycles. The number of hydrogen-bond donors (Lipinski definition) is 0. The van der Waals surface area contributed by atoms with E-state index < -0.39 is 42.5 Å². The maximum atomic E-state index is 12.8. The van der Waals surface area contributed by atoms with Gasteiger partial charge in [0.25, 0.3) is 6.43 Å². The lowest BCUT2D eigenvalue weighted by molar-refractivity contribution is -0.417. The molecule has 1 unspecified atom stereocenters. The Labute approximate surface area is 105 Å². The van der Waals surface area contributed by atoms with Crippen LogP contribution in [0.5, 0.6) is 0 Å². The molecule has 21 heavy (non-hydrogen) atoms.